The average molecular weight is 166 g/mol. The minimum absolute atomic E-state index is 0.537. The smallest absolute Gasteiger partial charge is 0.0813 e. The van der Waals surface area contributed by atoms with E-state index in [0.717, 1.165) is 26.0 Å². The molecule has 0 bridgehead atoms. The Bertz CT molecular complexity index is 253. The molecule has 2 rings (SSSR count). The summed E-state index contributed by atoms with van der Waals surface area (Å²) in [4.78, 5) is 0. The molecular weight excluding hydrogens is 152 g/mol. The molecule has 0 aliphatic carbocycles. The molecule has 1 aliphatic heterocycles. The Morgan fingerprint density at radius 2 is 2.58 bits per heavy atom. The molecule has 2 heterocycles. The third kappa shape index (κ3) is 1.85. The second-order valence-corrected chi connectivity index (χ2v) is 3.20. The quantitative estimate of drug-likeness (QED) is 0.630. The van der Waals surface area contributed by atoms with Gasteiger partial charge in [0.25, 0.3) is 0 Å². The summed E-state index contributed by atoms with van der Waals surface area (Å²) in [5.74, 6) is 0. The standard InChI is InChI=1S/C9H14N2O/c1-2-11-6-8(5-10-11)3-4-9-7-12-9/h5-6,9H,2-4,7H2,1H3. The van der Waals surface area contributed by atoms with Crippen LogP contribution in [0.25, 0.3) is 0 Å². The normalized spacial score (nSPS) is 21.2. The predicted molar refractivity (Wildman–Crippen MR) is 46.0 cm³/mol. The van der Waals surface area contributed by atoms with Crippen molar-refractivity contribution in [3.63, 3.8) is 0 Å². The van der Waals surface area contributed by atoms with E-state index in [1.165, 1.54) is 5.56 Å². The third-order valence-corrected chi connectivity index (χ3v) is 2.17. The number of rotatable bonds is 4. The van der Waals surface area contributed by atoms with E-state index in [-0.39, 0.29) is 0 Å². The lowest BCUT2D eigenvalue weighted by Gasteiger charge is -1.92. The lowest BCUT2D eigenvalue weighted by atomic mass is 10.2. The van der Waals surface area contributed by atoms with Gasteiger partial charge in [-0.1, -0.05) is 0 Å². The van der Waals surface area contributed by atoms with Crippen molar-refractivity contribution < 1.29 is 4.74 Å². The Kier molecular flexibility index (Phi) is 2.13. The van der Waals surface area contributed by atoms with Crippen molar-refractivity contribution >= 4 is 0 Å². The second kappa shape index (κ2) is 3.27. The SMILES string of the molecule is CCn1cc(CCC2CO2)cn1. The fourth-order valence-corrected chi connectivity index (χ4v) is 1.27. The fourth-order valence-electron chi connectivity index (χ4n) is 1.27. The molecule has 1 aromatic heterocycles. The second-order valence-electron chi connectivity index (χ2n) is 3.20. The van der Waals surface area contributed by atoms with Crippen LogP contribution < -0.4 is 0 Å². The van der Waals surface area contributed by atoms with Gasteiger partial charge in [-0.25, -0.2) is 0 Å². The highest BCUT2D eigenvalue weighted by atomic mass is 16.6. The summed E-state index contributed by atoms with van der Waals surface area (Å²) in [6.07, 6.45) is 6.85. The molecule has 1 saturated heterocycles. The van der Waals surface area contributed by atoms with E-state index in [0.29, 0.717) is 6.10 Å². The lowest BCUT2D eigenvalue weighted by molar-refractivity contribution is 0.397. The number of aryl methyl sites for hydroxylation is 2. The number of ether oxygens (including phenoxy) is 1. The summed E-state index contributed by atoms with van der Waals surface area (Å²) >= 11 is 0. The first-order chi connectivity index (χ1) is 5.88. The van der Waals surface area contributed by atoms with Crippen LogP contribution in [0.15, 0.2) is 12.4 Å². The van der Waals surface area contributed by atoms with Gasteiger partial charge in [-0.15, -0.1) is 0 Å². The minimum Gasteiger partial charge on any atom is -0.373 e. The first-order valence-electron chi connectivity index (χ1n) is 4.51. The van der Waals surface area contributed by atoms with Gasteiger partial charge >= 0.3 is 0 Å². The van der Waals surface area contributed by atoms with Crippen LogP contribution in [-0.2, 0) is 17.7 Å². The molecule has 0 radical (unpaired) electrons. The number of epoxide rings is 1. The molecular formula is C9H14N2O. The first-order valence-corrected chi connectivity index (χ1v) is 4.51. The van der Waals surface area contributed by atoms with Crippen molar-refractivity contribution in [2.45, 2.75) is 32.4 Å². The highest BCUT2D eigenvalue weighted by Gasteiger charge is 2.21. The van der Waals surface area contributed by atoms with Crippen molar-refractivity contribution in [2.24, 2.45) is 0 Å². The first kappa shape index (κ1) is 7.80. The number of aromatic nitrogens is 2. The van der Waals surface area contributed by atoms with Crippen molar-refractivity contribution in [1.82, 2.24) is 9.78 Å². The Hall–Kier alpha value is -0.830. The maximum Gasteiger partial charge on any atom is 0.0813 e. The fraction of sp³-hybridized carbons (Fsp3) is 0.667. The van der Waals surface area contributed by atoms with E-state index in [1.54, 1.807) is 0 Å². The van der Waals surface area contributed by atoms with Gasteiger partial charge in [-0.05, 0) is 25.3 Å². The molecule has 3 nitrogen and oxygen atoms in total. The average Bonchev–Trinajstić information content (AvgIpc) is 2.81. The van der Waals surface area contributed by atoms with Crippen LogP contribution >= 0.6 is 0 Å². The molecule has 1 aliphatic rings. The molecule has 1 atom stereocenters. The lowest BCUT2D eigenvalue weighted by Crippen LogP contribution is -1.93. The molecule has 0 aromatic carbocycles. The largest absolute Gasteiger partial charge is 0.373 e. The highest BCUT2D eigenvalue weighted by Crippen LogP contribution is 2.16. The molecule has 1 aromatic rings. The van der Waals surface area contributed by atoms with Gasteiger partial charge in [-0.3, -0.25) is 4.68 Å². The zero-order valence-electron chi connectivity index (χ0n) is 7.36. The summed E-state index contributed by atoms with van der Waals surface area (Å²) in [7, 11) is 0. The Morgan fingerprint density at radius 3 is 3.17 bits per heavy atom. The number of hydrogen-bond acceptors (Lipinski definition) is 2. The van der Waals surface area contributed by atoms with Crippen molar-refractivity contribution in [3.8, 4) is 0 Å². The monoisotopic (exact) mass is 166 g/mol. The Morgan fingerprint density at radius 1 is 1.75 bits per heavy atom. The van der Waals surface area contributed by atoms with Crippen LogP contribution in [0.3, 0.4) is 0 Å². The van der Waals surface area contributed by atoms with Gasteiger partial charge in [-0.2, -0.15) is 5.10 Å². The highest BCUT2D eigenvalue weighted by molar-refractivity contribution is 5.04. The predicted octanol–water partition coefficient (Wildman–Crippen LogP) is 1.23. The number of nitrogens with zero attached hydrogens (tertiary/aromatic N) is 2. The summed E-state index contributed by atoms with van der Waals surface area (Å²) in [6, 6.07) is 0. The van der Waals surface area contributed by atoms with Crippen LogP contribution in [0, 0.1) is 0 Å². The summed E-state index contributed by atoms with van der Waals surface area (Å²) in [5.41, 5.74) is 1.33. The van der Waals surface area contributed by atoms with Gasteiger partial charge in [0, 0.05) is 12.7 Å². The van der Waals surface area contributed by atoms with Crippen LogP contribution in [0.5, 0.6) is 0 Å². The number of hydrogen-bond donors (Lipinski definition) is 0. The molecule has 66 valence electrons. The molecule has 1 fully saturated rings. The van der Waals surface area contributed by atoms with Crippen LogP contribution in [0.1, 0.15) is 18.9 Å². The minimum atomic E-state index is 0.537. The van der Waals surface area contributed by atoms with Crippen molar-refractivity contribution in [2.75, 3.05) is 6.61 Å². The van der Waals surface area contributed by atoms with E-state index in [2.05, 4.69) is 18.2 Å². The zero-order chi connectivity index (χ0) is 8.39. The van der Waals surface area contributed by atoms with Crippen LogP contribution in [-0.4, -0.2) is 22.5 Å². The van der Waals surface area contributed by atoms with Gasteiger partial charge < -0.3 is 4.74 Å². The topological polar surface area (TPSA) is 30.4 Å². The summed E-state index contributed by atoms with van der Waals surface area (Å²) < 4.78 is 7.10. The van der Waals surface area contributed by atoms with Gasteiger partial charge in [0.05, 0.1) is 18.9 Å². The molecule has 1 unspecified atom stereocenters. The van der Waals surface area contributed by atoms with Crippen molar-refractivity contribution in [3.05, 3.63) is 18.0 Å². The van der Waals surface area contributed by atoms with Crippen LogP contribution in [0.2, 0.25) is 0 Å². The van der Waals surface area contributed by atoms with Gasteiger partial charge in [0.1, 0.15) is 0 Å². The molecule has 3 heteroatoms. The molecule has 0 saturated carbocycles. The van der Waals surface area contributed by atoms with Gasteiger partial charge in [0.15, 0.2) is 0 Å². The van der Waals surface area contributed by atoms with E-state index in [1.807, 2.05) is 10.9 Å². The Labute approximate surface area is 72.3 Å². The van der Waals surface area contributed by atoms with E-state index in [9.17, 15) is 0 Å². The summed E-state index contributed by atoms with van der Waals surface area (Å²) in [6.45, 7) is 4.02. The molecule has 0 N–H and O–H groups in total. The maximum atomic E-state index is 5.14. The van der Waals surface area contributed by atoms with E-state index < -0.39 is 0 Å². The molecule has 12 heavy (non-hydrogen) atoms. The molecule has 0 spiro atoms. The van der Waals surface area contributed by atoms with Gasteiger partial charge in [0.2, 0.25) is 0 Å². The van der Waals surface area contributed by atoms with Crippen LogP contribution in [0.4, 0.5) is 0 Å². The zero-order valence-corrected chi connectivity index (χ0v) is 7.36. The van der Waals surface area contributed by atoms with Crippen molar-refractivity contribution in [1.29, 1.82) is 0 Å². The maximum absolute atomic E-state index is 5.14. The van der Waals surface area contributed by atoms with E-state index in [4.69, 9.17) is 4.74 Å². The Balaban J connectivity index is 1.84. The summed E-state index contributed by atoms with van der Waals surface area (Å²) in [5, 5.41) is 4.21. The molecule has 0 amide bonds. The third-order valence-electron chi connectivity index (χ3n) is 2.17. The van der Waals surface area contributed by atoms with E-state index >= 15 is 0 Å².